The molecule has 5 nitrogen and oxygen atoms in total. The molecule has 0 bridgehead atoms. The molecule has 19 heavy (non-hydrogen) atoms. The van der Waals surface area contributed by atoms with Gasteiger partial charge in [0.2, 0.25) is 0 Å². The highest BCUT2D eigenvalue weighted by atomic mass is 16.3. The first-order chi connectivity index (χ1) is 9.17. The second-order valence-corrected chi connectivity index (χ2v) is 4.79. The molecule has 1 saturated carbocycles. The Morgan fingerprint density at radius 1 is 1.21 bits per heavy atom. The number of hydrogen-bond donors (Lipinski definition) is 3. The second-order valence-electron chi connectivity index (χ2n) is 4.79. The smallest absolute Gasteiger partial charge is 0.319 e. The third kappa shape index (κ3) is 3.97. The average Bonchev–Trinajstić information content (AvgIpc) is 2.42. The predicted molar refractivity (Wildman–Crippen MR) is 71.6 cm³/mol. The van der Waals surface area contributed by atoms with Crippen LogP contribution in [0.3, 0.4) is 0 Å². The fraction of sp³-hybridized carbons (Fsp3) is 0.429. The Morgan fingerprint density at radius 2 is 1.84 bits per heavy atom. The zero-order chi connectivity index (χ0) is 13.7. The van der Waals surface area contributed by atoms with Gasteiger partial charge in [0.15, 0.2) is 0 Å². The van der Waals surface area contributed by atoms with Gasteiger partial charge in [0.1, 0.15) is 0 Å². The number of amides is 2. The van der Waals surface area contributed by atoms with E-state index in [1.54, 1.807) is 24.3 Å². The number of urea groups is 1. The highest BCUT2D eigenvalue weighted by Crippen LogP contribution is 2.18. The van der Waals surface area contributed by atoms with Gasteiger partial charge in [0, 0.05) is 11.7 Å². The summed E-state index contributed by atoms with van der Waals surface area (Å²) in [6, 6.07) is 8.62. The van der Waals surface area contributed by atoms with Crippen molar-refractivity contribution >= 4 is 11.7 Å². The molecule has 1 aliphatic carbocycles. The van der Waals surface area contributed by atoms with Crippen molar-refractivity contribution in [2.24, 2.45) is 0 Å². The van der Waals surface area contributed by atoms with Gasteiger partial charge in [-0.15, -0.1) is 0 Å². The summed E-state index contributed by atoms with van der Waals surface area (Å²) in [7, 11) is 0. The van der Waals surface area contributed by atoms with Crippen molar-refractivity contribution in [1.82, 2.24) is 5.32 Å². The molecule has 0 radical (unpaired) electrons. The number of carbonyl (C=O) groups excluding carboxylic acids is 1. The molecule has 1 aromatic carbocycles. The Labute approximate surface area is 112 Å². The number of benzene rings is 1. The Morgan fingerprint density at radius 3 is 2.42 bits per heavy atom. The van der Waals surface area contributed by atoms with Crippen molar-refractivity contribution < 1.29 is 9.90 Å². The Hall–Kier alpha value is -2.06. The number of nitriles is 1. The van der Waals surface area contributed by atoms with E-state index in [4.69, 9.17) is 5.26 Å². The maximum Gasteiger partial charge on any atom is 0.319 e. The van der Waals surface area contributed by atoms with Gasteiger partial charge in [0.25, 0.3) is 0 Å². The molecule has 1 aromatic rings. The van der Waals surface area contributed by atoms with Crippen LogP contribution in [0.4, 0.5) is 10.5 Å². The number of nitrogens with zero attached hydrogens (tertiary/aromatic N) is 1. The highest BCUT2D eigenvalue weighted by Gasteiger charge is 2.20. The van der Waals surface area contributed by atoms with Gasteiger partial charge in [-0.1, -0.05) is 0 Å². The van der Waals surface area contributed by atoms with E-state index in [0.29, 0.717) is 11.3 Å². The van der Waals surface area contributed by atoms with Crippen molar-refractivity contribution in [2.45, 2.75) is 37.8 Å². The van der Waals surface area contributed by atoms with E-state index in [2.05, 4.69) is 10.6 Å². The molecule has 100 valence electrons. The molecular formula is C14H17N3O2. The summed E-state index contributed by atoms with van der Waals surface area (Å²) in [5.41, 5.74) is 1.22. The minimum atomic E-state index is -0.244. The van der Waals surface area contributed by atoms with Gasteiger partial charge in [-0.25, -0.2) is 4.79 Å². The summed E-state index contributed by atoms with van der Waals surface area (Å²) in [4.78, 5) is 11.8. The van der Waals surface area contributed by atoms with Crippen molar-refractivity contribution in [1.29, 1.82) is 5.26 Å². The number of aliphatic hydroxyl groups is 1. The molecule has 3 N–H and O–H groups in total. The van der Waals surface area contributed by atoms with E-state index in [1.807, 2.05) is 6.07 Å². The summed E-state index contributed by atoms with van der Waals surface area (Å²) in [6.45, 7) is 0. The maximum atomic E-state index is 11.8. The first kappa shape index (κ1) is 13.4. The number of rotatable bonds is 2. The lowest BCUT2D eigenvalue weighted by Crippen LogP contribution is -2.40. The number of nitrogens with one attached hydrogen (secondary N) is 2. The molecule has 0 saturated heterocycles. The summed E-state index contributed by atoms with van der Waals surface area (Å²) >= 11 is 0. The van der Waals surface area contributed by atoms with E-state index in [-0.39, 0.29) is 18.2 Å². The van der Waals surface area contributed by atoms with Gasteiger partial charge in [-0.3, -0.25) is 0 Å². The first-order valence-electron chi connectivity index (χ1n) is 6.43. The van der Waals surface area contributed by atoms with E-state index in [1.165, 1.54) is 0 Å². The zero-order valence-corrected chi connectivity index (χ0v) is 10.6. The van der Waals surface area contributed by atoms with Gasteiger partial charge < -0.3 is 15.7 Å². The van der Waals surface area contributed by atoms with Crippen LogP contribution in [0.5, 0.6) is 0 Å². The van der Waals surface area contributed by atoms with Crippen molar-refractivity contribution in [3.05, 3.63) is 29.8 Å². The SMILES string of the molecule is N#Cc1ccc(NC(=O)NC2CCC(O)CC2)cc1. The Balaban J connectivity index is 1.82. The molecule has 1 fully saturated rings. The number of carbonyl (C=O) groups is 1. The lowest BCUT2D eigenvalue weighted by molar-refractivity contribution is 0.118. The Kier molecular flexibility index (Phi) is 4.37. The maximum absolute atomic E-state index is 11.8. The van der Waals surface area contributed by atoms with E-state index < -0.39 is 0 Å². The summed E-state index contributed by atoms with van der Waals surface area (Å²) < 4.78 is 0. The third-order valence-corrected chi connectivity index (χ3v) is 3.30. The molecule has 2 rings (SSSR count). The first-order valence-corrected chi connectivity index (χ1v) is 6.43. The molecule has 0 aliphatic heterocycles. The topological polar surface area (TPSA) is 85.2 Å². The molecule has 5 heteroatoms. The van der Waals surface area contributed by atoms with Gasteiger partial charge in [-0.05, 0) is 49.9 Å². The molecule has 1 aliphatic rings. The second kappa shape index (κ2) is 6.21. The van der Waals surface area contributed by atoms with Crippen LogP contribution in [-0.2, 0) is 0 Å². The molecule has 2 amide bonds. The third-order valence-electron chi connectivity index (χ3n) is 3.30. The van der Waals surface area contributed by atoms with Gasteiger partial charge in [-0.2, -0.15) is 5.26 Å². The molecular weight excluding hydrogens is 242 g/mol. The fourth-order valence-corrected chi connectivity index (χ4v) is 2.20. The summed E-state index contributed by atoms with van der Waals surface area (Å²) in [5, 5.41) is 23.7. The highest BCUT2D eigenvalue weighted by molar-refractivity contribution is 5.89. The summed E-state index contributed by atoms with van der Waals surface area (Å²) in [5.74, 6) is 0. The lowest BCUT2D eigenvalue weighted by atomic mass is 9.93. The van der Waals surface area contributed by atoms with Crippen LogP contribution in [0, 0.1) is 11.3 Å². The van der Waals surface area contributed by atoms with E-state index >= 15 is 0 Å². The molecule has 0 spiro atoms. The average molecular weight is 259 g/mol. The standard InChI is InChI=1S/C14H17N3O2/c15-9-10-1-3-11(4-2-10)16-14(19)17-12-5-7-13(18)8-6-12/h1-4,12-13,18H,5-8H2,(H2,16,17,19). The zero-order valence-electron chi connectivity index (χ0n) is 10.6. The van der Waals surface area contributed by atoms with Crippen LogP contribution < -0.4 is 10.6 Å². The van der Waals surface area contributed by atoms with Crippen LogP contribution >= 0.6 is 0 Å². The molecule has 0 aromatic heterocycles. The number of aliphatic hydroxyl groups excluding tert-OH is 1. The lowest BCUT2D eigenvalue weighted by Gasteiger charge is -2.26. The largest absolute Gasteiger partial charge is 0.393 e. The van der Waals surface area contributed by atoms with Crippen LogP contribution in [0.25, 0.3) is 0 Å². The normalized spacial score (nSPS) is 22.3. The van der Waals surface area contributed by atoms with Gasteiger partial charge >= 0.3 is 6.03 Å². The quantitative estimate of drug-likeness (QED) is 0.759. The molecule has 0 unspecified atom stereocenters. The van der Waals surface area contributed by atoms with Crippen LogP contribution in [0.15, 0.2) is 24.3 Å². The van der Waals surface area contributed by atoms with Crippen molar-refractivity contribution in [2.75, 3.05) is 5.32 Å². The van der Waals surface area contributed by atoms with Gasteiger partial charge in [0.05, 0.1) is 17.7 Å². The predicted octanol–water partition coefficient (Wildman–Crippen LogP) is 1.98. The monoisotopic (exact) mass is 259 g/mol. The summed E-state index contributed by atoms with van der Waals surface area (Å²) in [6.07, 6.45) is 2.87. The fourth-order valence-electron chi connectivity index (χ4n) is 2.20. The van der Waals surface area contributed by atoms with Crippen LogP contribution in [-0.4, -0.2) is 23.3 Å². The Bertz CT molecular complexity index is 470. The molecule has 0 heterocycles. The van der Waals surface area contributed by atoms with Crippen molar-refractivity contribution in [3.63, 3.8) is 0 Å². The number of anilines is 1. The van der Waals surface area contributed by atoms with Crippen LogP contribution in [0.1, 0.15) is 31.2 Å². The minimum Gasteiger partial charge on any atom is -0.393 e. The minimum absolute atomic E-state index is 0.127. The van der Waals surface area contributed by atoms with E-state index in [9.17, 15) is 9.90 Å². The molecule has 0 atom stereocenters. The number of hydrogen-bond acceptors (Lipinski definition) is 3. The van der Waals surface area contributed by atoms with Crippen LogP contribution in [0.2, 0.25) is 0 Å². The van der Waals surface area contributed by atoms with E-state index in [0.717, 1.165) is 25.7 Å². The van der Waals surface area contributed by atoms with Crippen molar-refractivity contribution in [3.8, 4) is 6.07 Å².